The van der Waals surface area contributed by atoms with Gasteiger partial charge in [0.15, 0.2) is 0 Å². The van der Waals surface area contributed by atoms with E-state index in [4.69, 9.17) is 0 Å². The van der Waals surface area contributed by atoms with Gasteiger partial charge in [-0.05, 0) is 31.2 Å². The zero-order chi connectivity index (χ0) is 14.6. The number of hydrogen-bond acceptors (Lipinski definition) is 2. The highest BCUT2D eigenvalue weighted by Crippen LogP contribution is 2.50. The quantitative estimate of drug-likeness (QED) is 0.367. The molecule has 0 unspecified atom stereocenters. The van der Waals surface area contributed by atoms with Crippen LogP contribution in [0.1, 0.15) is 6.92 Å². The fourth-order valence-corrected chi connectivity index (χ4v) is 7.14. The van der Waals surface area contributed by atoms with E-state index in [1.165, 1.54) is 9.79 Å². The Hall–Kier alpha value is -0.643. The topological polar surface area (TPSA) is 0 Å². The Kier molecular flexibility index (Phi) is 5.05. The van der Waals surface area contributed by atoms with Crippen molar-refractivity contribution in [3.8, 4) is 0 Å². The molecule has 0 atom stereocenters. The first-order chi connectivity index (χ1) is 9.41. The van der Waals surface area contributed by atoms with Crippen molar-refractivity contribution in [3.05, 3.63) is 60.7 Å². The van der Waals surface area contributed by atoms with E-state index in [1.54, 1.807) is 0 Å². The monoisotopic (exact) mass is 318 g/mol. The lowest BCUT2D eigenvalue weighted by molar-refractivity contribution is 1.19. The highest BCUT2D eigenvalue weighted by Gasteiger charge is 2.41. The summed E-state index contributed by atoms with van der Waals surface area (Å²) in [5.41, 5.74) is 0. The van der Waals surface area contributed by atoms with E-state index < -0.39 is 8.07 Å². The molecule has 0 spiro atoms. The maximum atomic E-state index is 2.46. The Bertz CT molecular complexity index is 490. The second-order valence-electron chi connectivity index (χ2n) is 6.03. The summed E-state index contributed by atoms with van der Waals surface area (Å²) in [5.74, 6) is 0. The summed E-state index contributed by atoms with van der Waals surface area (Å²) in [6.45, 7) is 9.78. The lowest BCUT2D eigenvalue weighted by Gasteiger charge is -2.39. The van der Waals surface area contributed by atoms with Crippen LogP contribution in [0.3, 0.4) is 0 Å². The van der Waals surface area contributed by atoms with Crippen molar-refractivity contribution in [2.75, 3.05) is 0 Å². The minimum Gasteiger partial charge on any atom is -0.112 e. The molecule has 0 bridgehead atoms. The number of rotatable bonds is 5. The van der Waals surface area contributed by atoms with Crippen LogP contribution in [0.2, 0.25) is 19.6 Å². The van der Waals surface area contributed by atoms with Gasteiger partial charge < -0.3 is 0 Å². The average Bonchev–Trinajstić information content (AvgIpc) is 2.39. The second-order valence-corrected chi connectivity index (χ2v) is 15.5. The molecule has 0 radical (unpaired) electrons. The maximum absolute atomic E-state index is 2.46. The van der Waals surface area contributed by atoms with Crippen molar-refractivity contribution >= 4 is 31.6 Å². The van der Waals surface area contributed by atoms with E-state index >= 15 is 0 Å². The first-order valence-electron chi connectivity index (χ1n) is 6.89. The highest BCUT2D eigenvalue weighted by molar-refractivity contribution is 8.20. The van der Waals surface area contributed by atoms with Crippen LogP contribution in [0.4, 0.5) is 0 Å². The summed E-state index contributed by atoms with van der Waals surface area (Å²) in [5, 5.41) is 0. The molecule has 2 aromatic rings. The molecular weight excluding hydrogens is 296 g/mol. The molecule has 0 fully saturated rings. The third-order valence-electron chi connectivity index (χ3n) is 3.47. The first-order valence-corrected chi connectivity index (χ1v) is 12.0. The van der Waals surface area contributed by atoms with Gasteiger partial charge in [-0.2, -0.15) is 0 Å². The number of thioether (sulfide) groups is 2. The normalized spacial score (nSPS) is 12.4. The largest absolute Gasteiger partial charge is 0.112 e. The Labute approximate surface area is 132 Å². The van der Waals surface area contributed by atoms with Gasteiger partial charge in [0.05, 0.1) is 11.8 Å². The lowest BCUT2D eigenvalue weighted by Crippen LogP contribution is -2.44. The lowest BCUT2D eigenvalue weighted by atomic mass is 10.4. The van der Waals surface area contributed by atoms with Gasteiger partial charge in [0, 0.05) is 9.79 Å². The summed E-state index contributed by atoms with van der Waals surface area (Å²) in [7, 11) is -1.35. The third-order valence-corrected chi connectivity index (χ3v) is 12.8. The van der Waals surface area contributed by atoms with Crippen molar-refractivity contribution in [2.45, 2.75) is 40.1 Å². The second kappa shape index (κ2) is 6.42. The van der Waals surface area contributed by atoms with Gasteiger partial charge in [0.1, 0.15) is 0 Å². The zero-order valence-corrected chi connectivity index (χ0v) is 15.2. The van der Waals surface area contributed by atoms with Crippen LogP contribution in [0, 0.1) is 0 Å². The molecule has 0 aliphatic rings. The predicted molar refractivity (Wildman–Crippen MR) is 96.3 cm³/mol. The zero-order valence-electron chi connectivity index (χ0n) is 12.6. The summed E-state index contributed by atoms with van der Waals surface area (Å²) >= 11 is 4.03. The van der Waals surface area contributed by atoms with Gasteiger partial charge in [-0.1, -0.05) is 56.0 Å². The molecule has 0 aliphatic heterocycles. The molecular formula is C17H22S2Si. The standard InChI is InChI=1S/C17H22S2Si/c1-17(20(2,3)4,18-15-11-7-5-8-12-15)19-16-13-9-6-10-14-16/h5-14H,1-4H3. The van der Waals surface area contributed by atoms with Crippen LogP contribution in [-0.2, 0) is 0 Å². The molecule has 106 valence electrons. The fraction of sp³-hybridized carbons (Fsp3) is 0.294. The van der Waals surface area contributed by atoms with E-state index in [0.29, 0.717) is 0 Å². The van der Waals surface area contributed by atoms with Crippen LogP contribution in [0.5, 0.6) is 0 Å². The van der Waals surface area contributed by atoms with E-state index in [2.05, 4.69) is 87.2 Å². The van der Waals surface area contributed by atoms with Crippen LogP contribution in [0.15, 0.2) is 70.5 Å². The van der Waals surface area contributed by atoms with Crippen molar-refractivity contribution in [1.29, 1.82) is 0 Å². The van der Waals surface area contributed by atoms with Crippen LogP contribution < -0.4 is 0 Å². The van der Waals surface area contributed by atoms with Crippen LogP contribution >= 0.6 is 23.5 Å². The fourth-order valence-electron chi connectivity index (χ4n) is 1.75. The molecule has 2 rings (SSSR count). The van der Waals surface area contributed by atoms with Crippen molar-refractivity contribution in [3.63, 3.8) is 0 Å². The van der Waals surface area contributed by atoms with E-state index in [0.717, 1.165) is 0 Å². The van der Waals surface area contributed by atoms with Crippen LogP contribution in [-0.4, -0.2) is 11.8 Å². The molecule has 0 saturated heterocycles. The number of hydrogen-bond donors (Lipinski definition) is 0. The first kappa shape index (κ1) is 15.7. The molecule has 3 heteroatoms. The molecule has 0 saturated carbocycles. The Morgan fingerprint density at radius 3 is 1.35 bits per heavy atom. The molecule has 0 aliphatic carbocycles. The van der Waals surface area contributed by atoms with Gasteiger partial charge in [-0.25, -0.2) is 0 Å². The van der Waals surface area contributed by atoms with Crippen molar-refractivity contribution < 1.29 is 0 Å². The molecule has 0 nitrogen and oxygen atoms in total. The smallest absolute Gasteiger partial charge is 0.0757 e. The Balaban J connectivity index is 2.27. The van der Waals surface area contributed by atoms with Crippen molar-refractivity contribution in [2.24, 2.45) is 0 Å². The molecule has 0 N–H and O–H groups in total. The third kappa shape index (κ3) is 3.93. The molecule has 0 amide bonds. The predicted octanol–water partition coefficient (Wildman–Crippen LogP) is 6.16. The molecule has 20 heavy (non-hydrogen) atoms. The Morgan fingerprint density at radius 2 is 1.05 bits per heavy atom. The van der Waals surface area contributed by atoms with Gasteiger partial charge in [0.25, 0.3) is 0 Å². The van der Waals surface area contributed by atoms with E-state index in [9.17, 15) is 0 Å². The molecule has 2 aromatic carbocycles. The Morgan fingerprint density at radius 1 is 0.700 bits per heavy atom. The minimum absolute atomic E-state index is 0.218. The summed E-state index contributed by atoms with van der Waals surface area (Å²) < 4.78 is 0.218. The minimum atomic E-state index is -1.35. The average molecular weight is 319 g/mol. The molecule has 0 aromatic heterocycles. The summed E-state index contributed by atoms with van der Waals surface area (Å²) in [6, 6.07) is 21.5. The molecule has 0 heterocycles. The van der Waals surface area contributed by atoms with Gasteiger partial charge in [-0.15, -0.1) is 23.5 Å². The SMILES string of the molecule is CC(Sc1ccccc1)(Sc1ccccc1)[Si](C)(C)C. The van der Waals surface area contributed by atoms with E-state index in [-0.39, 0.29) is 3.70 Å². The summed E-state index contributed by atoms with van der Waals surface area (Å²) in [6.07, 6.45) is 0. The maximum Gasteiger partial charge on any atom is 0.0757 e. The number of benzene rings is 2. The van der Waals surface area contributed by atoms with Gasteiger partial charge in [-0.3, -0.25) is 0 Å². The highest BCUT2D eigenvalue weighted by atomic mass is 32.2. The van der Waals surface area contributed by atoms with Gasteiger partial charge in [0.2, 0.25) is 0 Å². The van der Waals surface area contributed by atoms with Gasteiger partial charge >= 0.3 is 0 Å². The van der Waals surface area contributed by atoms with Crippen LogP contribution in [0.25, 0.3) is 0 Å². The summed E-state index contributed by atoms with van der Waals surface area (Å²) in [4.78, 5) is 2.72. The van der Waals surface area contributed by atoms with Crippen molar-refractivity contribution in [1.82, 2.24) is 0 Å². The van der Waals surface area contributed by atoms with E-state index in [1.807, 2.05) is 23.5 Å².